The van der Waals surface area contributed by atoms with E-state index in [0.29, 0.717) is 24.7 Å². The van der Waals surface area contributed by atoms with Crippen LogP contribution in [0.1, 0.15) is 42.4 Å². The van der Waals surface area contributed by atoms with E-state index in [4.69, 9.17) is 5.73 Å². The van der Waals surface area contributed by atoms with Crippen LogP contribution in [0.5, 0.6) is 0 Å². The highest BCUT2D eigenvalue weighted by Crippen LogP contribution is 2.29. The molecule has 1 saturated carbocycles. The SMILES string of the molecule is CCN(C(=O)c1cnc(C)cn1)C1CCCC1CN. The van der Waals surface area contributed by atoms with Crippen molar-refractivity contribution in [3.8, 4) is 0 Å². The molecular weight excluding hydrogens is 240 g/mol. The maximum atomic E-state index is 12.5. The first-order valence-electron chi connectivity index (χ1n) is 6.97. The maximum absolute atomic E-state index is 12.5. The van der Waals surface area contributed by atoms with Crippen LogP contribution in [-0.2, 0) is 0 Å². The predicted octanol–water partition coefficient (Wildman–Crippen LogP) is 1.37. The minimum atomic E-state index is -0.0275. The Balaban J connectivity index is 2.17. The molecule has 5 heteroatoms. The van der Waals surface area contributed by atoms with Crippen molar-refractivity contribution in [3.05, 3.63) is 23.8 Å². The Kier molecular flexibility index (Phi) is 4.47. The summed E-state index contributed by atoms with van der Waals surface area (Å²) in [5.74, 6) is 0.391. The van der Waals surface area contributed by atoms with Gasteiger partial charge in [0.05, 0.1) is 11.9 Å². The van der Waals surface area contributed by atoms with Gasteiger partial charge in [-0.1, -0.05) is 6.42 Å². The largest absolute Gasteiger partial charge is 0.334 e. The molecule has 2 N–H and O–H groups in total. The van der Waals surface area contributed by atoms with Gasteiger partial charge in [0.25, 0.3) is 5.91 Å². The first-order valence-corrected chi connectivity index (χ1v) is 6.97. The Hall–Kier alpha value is -1.49. The third-order valence-electron chi connectivity index (χ3n) is 3.92. The van der Waals surface area contributed by atoms with Gasteiger partial charge in [-0.15, -0.1) is 0 Å². The molecule has 1 aromatic heterocycles. The number of rotatable bonds is 4. The lowest BCUT2D eigenvalue weighted by Gasteiger charge is -2.31. The molecule has 2 atom stereocenters. The third kappa shape index (κ3) is 2.92. The van der Waals surface area contributed by atoms with E-state index in [0.717, 1.165) is 25.0 Å². The van der Waals surface area contributed by atoms with Gasteiger partial charge in [0.15, 0.2) is 0 Å². The van der Waals surface area contributed by atoms with E-state index in [2.05, 4.69) is 9.97 Å². The van der Waals surface area contributed by atoms with Gasteiger partial charge in [0.1, 0.15) is 5.69 Å². The molecular formula is C14H22N4O. The average molecular weight is 262 g/mol. The summed E-state index contributed by atoms with van der Waals surface area (Å²) in [7, 11) is 0. The first kappa shape index (κ1) is 13.9. The zero-order chi connectivity index (χ0) is 13.8. The van der Waals surface area contributed by atoms with E-state index >= 15 is 0 Å². The van der Waals surface area contributed by atoms with Crippen molar-refractivity contribution < 1.29 is 4.79 Å². The summed E-state index contributed by atoms with van der Waals surface area (Å²) in [6, 6.07) is 0.255. The number of hydrogen-bond donors (Lipinski definition) is 1. The van der Waals surface area contributed by atoms with Crippen molar-refractivity contribution in [1.82, 2.24) is 14.9 Å². The fourth-order valence-electron chi connectivity index (χ4n) is 2.88. The molecule has 0 bridgehead atoms. The van der Waals surface area contributed by atoms with Crippen molar-refractivity contribution >= 4 is 5.91 Å². The average Bonchev–Trinajstić information content (AvgIpc) is 2.88. The normalized spacial score (nSPS) is 22.5. The minimum absolute atomic E-state index is 0.0275. The second-order valence-electron chi connectivity index (χ2n) is 5.13. The second-order valence-corrected chi connectivity index (χ2v) is 5.13. The topological polar surface area (TPSA) is 72.1 Å². The Morgan fingerprint density at radius 1 is 1.42 bits per heavy atom. The van der Waals surface area contributed by atoms with Crippen LogP contribution >= 0.6 is 0 Å². The van der Waals surface area contributed by atoms with Gasteiger partial charge in [0.2, 0.25) is 0 Å². The number of carbonyl (C=O) groups excluding carboxylic acids is 1. The Morgan fingerprint density at radius 3 is 2.79 bits per heavy atom. The molecule has 104 valence electrons. The van der Waals surface area contributed by atoms with Crippen LogP contribution < -0.4 is 5.73 Å². The van der Waals surface area contributed by atoms with Gasteiger partial charge in [-0.2, -0.15) is 0 Å². The zero-order valence-electron chi connectivity index (χ0n) is 11.7. The molecule has 1 aliphatic carbocycles. The minimum Gasteiger partial charge on any atom is -0.334 e. The molecule has 2 unspecified atom stereocenters. The van der Waals surface area contributed by atoms with E-state index in [1.54, 1.807) is 12.4 Å². The predicted molar refractivity (Wildman–Crippen MR) is 73.7 cm³/mol. The fraction of sp³-hybridized carbons (Fsp3) is 0.643. The highest BCUT2D eigenvalue weighted by Gasteiger charge is 2.33. The summed E-state index contributed by atoms with van der Waals surface area (Å²) < 4.78 is 0. The molecule has 1 aliphatic rings. The van der Waals surface area contributed by atoms with Gasteiger partial charge in [-0.25, -0.2) is 4.98 Å². The lowest BCUT2D eigenvalue weighted by atomic mass is 10.0. The number of nitrogens with zero attached hydrogens (tertiary/aromatic N) is 3. The molecule has 0 radical (unpaired) electrons. The molecule has 5 nitrogen and oxygen atoms in total. The fourth-order valence-corrected chi connectivity index (χ4v) is 2.88. The smallest absolute Gasteiger partial charge is 0.274 e. The lowest BCUT2D eigenvalue weighted by Crippen LogP contribution is -2.44. The third-order valence-corrected chi connectivity index (χ3v) is 3.92. The van der Waals surface area contributed by atoms with Crippen molar-refractivity contribution in [1.29, 1.82) is 0 Å². The Bertz CT molecular complexity index is 432. The van der Waals surface area contributed by atoms with Crippen LogP contribution in [0.4, 0.5) is 0 Å². The molecule has 0 aromatic carbocycles. The van der Waals surface area contributed by atoms with Crippen LogP contribution in [0.25, 0.3) is 0 Å². The molecule has 1 fully saturated rings. The van der Waals surface area contributed by atoms with Crippen LogP contribution in [0.3, 0.4) is 0 Å². The summed E-state index contributed by atoms with van der Waals surface area (Å²) in [6.45, 7) is 5.20. The van der Waals surface area contributed by atoms with Crippen LogP contribution in [0.2, 0.25) is 0 Å². The van der Waals surface area contributed by atoms with Gasteiger partial charge in [-0.05, 0) is 39.2 Å². The highest BCUT2D eigenvalue weighted by molar-refractivity contribution is 5.92. The number of carbonyl (C=O) groups is 1. The summed E-state index contributed by atoms with van der Waals surface area (Å²) in [5.41, 5.74) is 7.06. The lowest BCUT2D eigenvalue weighted by molar-refractivity contribution is 0.0645. The second kappa shape index (κ2) is 6.10. The molecule has 0 spiro atoms. The maximum Gasteiger partial charge on any atom is 0.274 e. The van der Waals surface area contributed by atoms with Crippen LogP contribution in [0, 0.1) is 12.8 Å². The molecule has 0 aliphatic heterocycles. The molecule has 2 rings (SSSR count). The Morgan fingerprint density at radius 2 is 2.21 bits per heavy atom. The van der Waals surface area contributed by atoms with Crippen molar-refractivity contribution in [2.45, 2.75) is 39.2 Å². The zero-order valence-corrected chi connectivity index (χ0v) is 11.7. The first-order chi connectivity index (χ1) is 9.17. The van der Waals surface area contributed by atoms with E-state index in [1.165, 1.54) is 0 Å². The molecule has 1 amide bonds. The van der Waals surface area contributed by atoms with Crippen molar-refractivity contribution in [3.63, 3.8) is 0 Å². The standard InChI is InChI=1S/C14H22N4O/c1-3-18(13-6-4-5-11(13)7-15)14(19)12-9-16-10(2)8-17-12/h8-9,11,13H,3-7,15H2,1-2H3. The van der Waals surface area contributed by atoms with Crippen LogP contribution in [-0.4, -0.2) is 39.9 Å². The quantitative estimate of drug-likeness (QED) is 0.889. The number of amides is 1. The number of hydrogen-bond acceptors (Lipinski definition) is 4. The molecule has 1 aromatic rings. The van der Waals surface area contributed by atoms with Crippen molar-refractivity contribution in [2.75, 3.05) is 13.1 Å². The monoisotopic (exact) mass is 262 g/mol. The van der Waals surface area contributed by atoms with E-state index < -0.39 is 0 Å². The number of nitrogens with two attached hydrogens (primary N) is 1. The van der Waals surface area contributed by atoms with Crippen LogP contribution in [0.15, 0.2) is 12.4 Å². The summed E-state index contributed by atoms with van der Waals surface area (Å²) in [4.78, 5) is 22.8. The summed E-state index contributed by atoms with van der Waals surface area (Å²) in [5, 5.41) is 0. The van der Waals surface area contributed by atoms with Gasteiger partial charge in [0, 0.05) is 18.8 Å². The summed E-state index contributed by atoms with van der Waals surface area (Å²) >= 11 is 0. The molecule has 19 heavy (non-hydrogen) atoms. The number of aromatic nitrogens is 2. The highest BCUT2D eigenvalue weighted by atomic mass is 16.2. The van der Waals surface area contributed by atoms with Gasteiger partial charge in [-0.3, -0.25) is 9.78 Å². The van der Waals surface area contributed by atoms with Gasteiger partial charge >= 0.3 is 0 Å². The molecule has 0 saturated heterocycles. The molecule has 1 heterocycles. The number of aryl methyl sites for hydroxylation is 1. The summed E-state index contributed by atoms with van der Waals surface area (Å²) in [6.07, 6.45) is 6.50. The van der Waals surface area contributed by atoms with E-state index in [1.807, 2.05) is 18.7 Å². The van der Waals surface area contributed by atoms with Gasteiger partial charge < -0.3 is 10.6 Å². The van der Waals surface area contributed by atoms with Crippen molar-refractivity contribution in [2.24, 2.45) is 11.7 Å². The van der Waals surface area contributed by atoms with E-state index in [-0.39, 0.29) is 11.9 Å². The Labute approximate surface area is 114 Å². The van der Waals surface area contributed by atoms with E-state index in [9.17, 15) is 4.79 Å².